The Morgan fingerprint density at radius 1 is 1.26 bits per heavy atom. The number of benzene rings is 1. The van der Waals surface area contributed by atoms with E-state index in [-0.39, 0.29) is 5.97 Å². The van der Waals surface area contributed by atoms with Crippen molar-refractivity contribution in [2.24, 2.45) is 0 Å². The fourth-order valence-corrected chi connectivity index (χ4v) is 1.79. The topological polar surface area (TPSA) is 38.3 Å². The van der Waals surface area contributed by atoms with E-state index < -0.39 is 0 Å². The molecule has 0 spiro atoms. The average molecular weight is 261 g/mol. The monoisotopic (exact) mass is 261 g/mol. The van der Waals surface area contributed by atoms with Crippen LogP contribution < -0.4 is 5.32 Å². The van der Waals surface area contributed by atoms with Crippen molar-refractivity contribution in [1.29, 1.82) is 0 Å². The molecule has 19 heavy (non-hydrogen) atoms. The molecule has 0 amide bonds. The molecule has 0 saturated carbocycles. The van der Waals surface area contributed by atoms with E-state index >= 15 is 0 Å². The maximum Gasteiger partial charge on any atom is 0.332 e. The number of hydrogen-bond donors (Lipinski definition) is 1. The van der Waals surface area contributed by atoms with Crippen molar-refractivity contribution in [3.05, 3.63) is 47.7 Å². The van der Waals surface area contributed by atoms with E-state index in [1.807, 2.05) is 18.2 Å². The van der Waals surface area contributed by atoms with Gasteiger partial charge in [-0.3, -0.25) is 0 Å². The summed E-state index contributed by atoms with van der Waals surface area (Å²) in [5.41, 5.74) is 2.15. The molecule has 0 heterocycles. The number of rotatable bonds is 8. The Bertz CT molecular complexity index is 398. The molecule has 1 aromatic carbocycles. The van der Waals surface area contributed by atoms with Crippen LogP contribution in [0.1, 0.15) is 38.2 Å². The molecule has 3 nitrogen and oxygen atoms in total. The van der Waals surface area contributed by atoms with Gasteiger partial charge in [0.25, 0.3) is 0 Å². The minimum Gasteiger partial charge on any atom is -0.466 e. The smallest absolute Gasteiger partial charge is 0.332 e. The van der Waals surface area contributed by atoms with E-state index in [1.54, 1.807) is 6.08 Å². The van der Waals surface area contributed by atoms with Gasteiger partial charge in [0.2, 0.25) is 0 Å². The first-order valence-electron chi connectivity index (χ1n) is 6.82. The summed E-state index contributed by atoms with van der Waals surface area (Å²) in [6.45, 7) is 2.90. The molecule has 0 aliphatic rings. The minimum absolute atomic E-state index is 0.299. The highest BCUT2D eigenvalue weighted by Gasteiger charge is 2.02. The highest BCUT2D eigenvalue weighted by Crippen LogP contribution is 2.08. The number of nitrogens with one attached hydrogen (secondary N) is 1. The molecular formula is C16H23NO2. The van der Waals surface area contributed by atoms with E-state index in [9.17, 15) is 4.79 Å². The van der Waals surface area contributed by atoms with Gasteiger partial charge in [0.05, 0.1) is 7.11 Å². The maximum absolute atomic E-state index is 11.3. The van der Waals surface area contributed by atoms with Crippen LogP contribution in [0.2, 0.25) is 0 Å². The summed E-state index contributed by atoms with van der Waals surface area (Å²) < 4.78 is 4.68. The summed E-state index contributed by atoms with van der Waals surface area (Å²) in [7, 11) is 1.40. The maximum atomic E-state index is 11.3. The first kappa shape index (κ1) is 15.3. The lowest BCUT2D eigenvalue weighted by molar-refractivity contribution is -0.134. The second-order valence-corrected chi connectivity index (χ2v) is 4.49. The van der Waals surface area contributed by atoms with Crippen LogP contribution in [-0.4, -0.2) is 13.1 Å². The molecule has 0 aliphatic heterocycles. The molecule has 0 fully saturated rings. The Kier molecular flexibility index (Phi) is 7.40. The van der Waals surface area contributed by atoms with E-state index in [0.29, 0.717) is 0 Å². The summed E-state index contributed by atoms with van der Waals surface area (Å²) in [6.07, 6.45) is 5.87. The zero-order valence-corrected chi connectivity index (χ0v) is 11.8. The largest absolute Gasteiger partial charge is 0.466 e. The summed E-state index contributed by atoms with van der Waals surface area (Å²) in [5, 5.41) is 3.32. The molecule has 0 aromatic heterocycles. The Labute approximate surface area is 115 Å². The van der Waals surface area contributed by atoms with Gasteiger partial charge in [0.1, 0.15) is 0 Å². The molecule has 0 aliphatic carbocycles. The van der Waals surface area contributed by atoms with Crippen LogP contribution in [0.4, 0.5) is 0 Å². The van der Waals surface area contributed by atoms with Gasteiger partial charge in [0.15, 0.2) is 0 Å². The third kappa shape index (κ3) is 6.65. The van der Waals surface area contributed by atoms with Crippen molar-refractivity contribution in [3.63, 3.8) is 0 Å². The normalized spacial score (nSPS) is 11.2. The van der Waals surface area contributed by atoms with Crippen LogP contribution in [-0.2, 0) is 16.1 Å². The number of hydrogen-bond acceptors (Lipinski definition) is 3. The number of allylic oxidation sites excluding steroid dienone is 1. The zero-order valence-electron chi connectivity index (χ0n) is 11.8. The van der Waals surface area contributed by atoms with E-state index in [0.717, 1.165) is 25.1 Å². The molecule has 1 rings (SSSR count). The lowest BCUT2D eigenvalue weighted by Crippen LogP contribution is -2.15. The van der Waals surface area contributed by atoms with Crippen molar-refractivity contribution >= 4 is 5.97 Å². The number of unbranched alkanes of at least 4 members (excludes halogenated alkanes) is 2. The Morgan fingerprint density at radius 3 is 2.63 bits per heavy atom. The molecule has 1 N–H and O–H groups in total. The van der Waals surface area contributed by atoms with Crippen molar-refractivity contribution in [1.82, 2.24) is 5.32 Å². The van der Waals surface area contributed by atoms with Crippen LogP contribution in [0.15, 0.2) is 42.1 Å². The Morgan fingerprint density at radius 2 is 2.00 bits per heavy atom. The average Bonchev–Trinajstić information content (AvgIpc) is 2.45. The number of ether oxygens (including phenoxy) is 1. The summed E-state index contributed by atoms with van der Waals surface area (Å²) >= 11 is 0. The molecule has 3 heteroatoms. The number of carbonyl (C=O) groups is 1. The lowest BCUT2D eigenvalue weighted by Gasteiger charge is -2.11. The molecule has 0 radical (unpaired) electrons. The highest BCUT2D eigenvalue weighted by atomic mass is 16.5. The van der Waals surface area contributed by atoms with Crippen LogP contribution in [0, 0.1) is 0 Å². The minimum atomic E-state index is -0.299. The third-order valence-electron chi connectivity index (χ3n) is 2.91. The fourth-order valence-electron chi connectivity index (χ4n) is 1.79. The van der Waals surface area contributed by atoms with Gasteiger partial charge in [-0.15, -0.1) is 0 Å². The number of methoxy groups -OCH3 is 1. The van der Waals surface area contributed by atoms with Crippen LogP contribution in [0.3, 0.4) is 0 Å². The second-order valence-electron chi connectivity index (χ2n) is 4.49. The van der Waals surface area contributed by atoms with Gasteiger partial charge in [0, 0.05) is 18.3 Å². The van der Waals surface area contributed by atoms with Crippen molar-refractivity contribution < 1.29 is 9.53 Å². The predicted molar refractivity (Wildman–Crippen MR) is 77.5 cm³/mol. The van der Waals surface area contributed by atoms with Crippen LogP contribution in [0.25, 0.3) is 0 Å². The molecule has 1 aromatic rings. The first-order valence-corrected chi connectivity index (χ1v) is 6.82. The molecular weight excluding hydrogens is 238 g/mol. The van der Waals surface area contributed by atoms with Crippen molar-refractivity contribution in [2.45, 2.75) is 39.2 Å². The number of carbonyl (C=O) groups excluding carboxylic acids is 1. The van der Waals surface area contributed by atoms with E-state index in [4.69, 9.17) is 0 Å². The Hall–Kier alpha value is -1.77. The Balaban J connectivity index is 2.53. The van der Waals surface area contributed by atoms with Crippen LogP contribution in [0.5, 0.6) is 0 Å². The molecule has 104 valence electrons. The number of esters is 1. The van der Waals surface area contributed by atoms with Gasteiger partial charge >= 0.3 is 5.97 Å². The summed E-state index contributed by atoms with van der Waals surface area (Å²) in [5.74, 6) is -0.299. The molecule has 0 bridgehead atoms. The van der Waals surface area contributed by atoms with Gasteiger partial charge < -0.3 is 10.1 Å². The van der Waals surface area contributed by atoms with E-state index in [1.165, 1.54) is 25.5 Å². The summed E-state index contributed by atoms with van der Waals surface area (Å²) in [4.78, 5) is 11.3. The van der Waals surface area contributed by atoms with Gasteiger partial charge in [-0.25, -0.2) is 4.79 Å². The lowest BCUT2D eigenvalue weighted by atomic mass is 10.1. The van der Waals surface area contributed by atoms with Gasteiger partial charge in [-0.1, -0.05) is 50.1 Å². The third-order valence-corrected chi connectivity index (χ3v) is 2.91. The standard InChI is InChI=1S/C16H23NO2/c1-3-4-6-11-15(12-16(18)19-2)17-13-14-9-7-5-8-10-14/h5,7-10,12,17H,3-4,6,11,13H2,1-2H3/b15-12-. The van der Waals surface area contributed by atoms with Gasteiger partial charge in [-0.2, -0.15) is 0 Å². The van der Waals surface area contributed by atoms with Crippen LogP contribution >= 0.6 is 0 Å². The summed E-state index contributed by atoms with van der Waals surface area (Å²) in [6, 6.07) is 10.1. The molecule has 0 unspecified atom stereocenters. The predicted octanol–water partition coefficient (Wildman–Crippen LogP) is 3.41. The van der Waals surface area contributed by atoms with Crippen molar-refractivity contribution in [2.75, 3.05) is 7.11 Å². The zero-order chi connectivity index (χ0) is 13.9. The molecule has 0 saturated heterocycles. The molecule has 0 atom stereocenters. The van der Waals surface area contributed by atoms with Gasteiger partial charge in [-0.05, 0) is 18.4 Å². The first-order chi connectivity index (χ1) is 9.26. The van der Waals surface area contributed by atoms with Crippen molar-refractivity contribution in [3.8, 4) is 0 Å². The van der Waals surface area contributed by atoms with E-state index in [2.05, 4.69) is 29.1 Å². The second kappa shape index (κ2) is 9.20. The fraction of sp³-hybridized carbons (Fsp3) is 0.438. The SMILES string of the molecule is CCCCC/C(=C/C(=O)OC)NCc1ccccc1. The quantitative estimate of drug-likeness (QED) is 0.443. The highest BCUT2D eigenvalue weighted by molar-refractivity contribution is 5.82.